The van der Waals surface area contributed by atoms with Gasteiger partial charge in [-0.3, -0.25) is 4.79 Å². The number of ether oxygens (including phenoxy) is 1. The van der Waals surface area contributed by atoms with Crippen LogP contribution in [0.25, 0.3) is 0 Å². The van der Waals surface area contributed by atoms with E-state index < -0.39 is 40.7 Å². The molecule has 1 aromatic carbocycles. The van der Waals surface area contributed by atoms with Gasteiger partial charge in [0, 0.05) is 26.0 Å². The van der Waals surface area contributed by atoms with Gasteiger partial charge in [0.2, 0.25) is 11.7 Å². The molecule has 1 N–H and O–H groups in total. The molecule has 1 amide bonds. The first-order valence-electron chi connectivity index (χ1n) is 8.44. The van der Waals surface area contributed by atoms with Gasteiger partial charge in [0.05, 0.1) is 11.7 Å². The Balaban J connectivity index is 1.68. The number of nitrogens with zero attached hydrogens (tertiary/aromatic N) is 3. The van der Waals surface area contributed by atoms with Crippen molar-refractivity contribution < 1.29 is 32.3 Å². The lowest BCUT2D eigenvalue weighted by Crippen LogP contribution is -2.33. The maximum absolute atomic E-state index is 14.2. The summed E-state index contributed by atoms with van der Waals surface area (Å²) < 4.78 is 51.6. The summed E-state index contributed by atoms with van der Waals surface area (Å²) in [6, 6.07) is -0.273. The number of methoxy groups -OCH3 is 1. The SMILES string of the molecule is CO[C@H]1C[C@H](c2nc(C3CC3)no2)N(C(=O)c2cc(F)c(F)c(O)c2F)C1. The van der Waals surface area contributed by atoms with E-state index in [0.717, 1.165) is 12.8 Å². The first-order valence-corrected chi connectivity index (χ1v) is 8.44. The van der Waals surface area contributed by atoms with Gasteiger partial charge in [0.1, 0.15) is 6.04 Å². The highest BCUT2D eigenvalue weighted by Crippen LogP contribution is 2.40. The number of carbonyl (C=O) groups excluding carboxylic acids is 1. The summed E-state index contributed by atoms with van der Waals surface area (Å²) >= 11 is 0. The van der Waals surface area contributed by atoms with Crippen LogP contribution in [0.4, 0.5) is 13.2 Å². The van der Waals surface area contributed by atoms with Crippen LogP contribution in [-0.2, 0) is 4.74 Å². The minimum absolute atomic E-state index is 0.0698. The summed E-state index contributed by atoms with van der Waals surface area (Å²) in [6.45, 7) is 0.0698. The second-order valence-corrected chi connectivity index (χ2v) is 6.71. The third kappa shape index (κ3) is 3.03. The average Bonchev–Trinajstić information content (AvgIpc) is 3.24. The Kier molecular flexibility index (Phi) is 4.29. The van der Waals surface area contributed by atoms with Crippen LogP contribution < -0.4 is 0 Å². The molecule has 144 valence electrons. The molecule has 7 nitrogen and oxygen atoms in total. The van der Waals surface area contributed by atoms with Gasteiger partial charge in [-0.1, -0.05) is 5.16 Å². The van der Waals surface area contributed by atoms with Gasteiger partial charge in [-0.25, -0.2) is 8.78 Å². The van der Waals surface area contributed by atoms with Crippen LogP contribution in [0.3, 0.4) is 0 Å². The fraction of sp³-hybridized carbons (Fsp3) is 0.471. The first kappa shape index (κ1) is 17.8. The number of aromatic hydroxyl groups is 1. The second-order valence-electron chi connectivity index (χ2n) is 6.71. The highest BCUT2D eigenvalue weighted by Gasteiger charge is 2.42. The van der Waals surface area contributed by atoms with Crippen molar-refractivity contribution in [3.8, 4) is 5.75 Å². The molecule has 2 aromatic rings. The number of amides is 1. The smallest absolute Gasteiger partial charge is 0.257 e. The van der Waals surface area contributed by atoms with Gasteiger partial charge in [-0.2, -0.15) is 9.37 Å². The summed E-state index contributed by atoms with van der Waals surface area (Å²) in [5, 5.41) is 13.3. The van der Waals surface area contributed by atoms with Crippen molar-refractivity contribution >= 4 is 5.91 Å². The molecule has 0 unspecified atom stereocenters. The van der Waals surface area contributed by atoms with Crippen molar-refractivity contribution in [1.29, 1.82) is 0 Å². The van der Waals surface area contributed by atoms with E-state index in [9.17, 15) is 23.1 Å². The topological polar surface area (TPSA) is 88.7 Å². The third-order valence-electron chi connectivity index (χ3n) is 4.91. The third-order valence-corrected chi connectivity index (χ3v) is 4.91. The van der Waals surface area contributed by atoms with Crippen LogP contribution in [0.5, 0.6) is 5.75 Å². The van der Waals surface area contributed by atoms with E-state index in [-0.39, 0.29) is 24.5 Å². The molecular weight excluding hydrogens is 367 g/mol. The van der Waals surface area contributed by atoms with Gasteiger partial charge in [0.25, 0.3) is 5.91 Å². The van der Waals surface area contributed by atoms with Gasteiger partial charge in [-0.15, -0.1) is 0 Å². The van der Waals surface area contributed by atoms with Crippen molar-refractivity contribution in [3.63, 3.8) is 0 Å². The number of likely N-dealkylation sites (tertiary alicyclic amines) is 1. The van der Waals surface area contributed by atoms with Crippen LogP contribution in [0.2, 0.25) is 0 Å². The van der Waals surface area contributed by atoms with Crippen LogP contribution in [0.1, 0.15) is 53.3 Å². The first-order chi connectivity index (χ1) is 12.9. The predicted molar refractivity (Wildman–Crippen MR) is 83.4 cm³/mol. The highest BCUT2D eigenvalue weighted by atomic mass is 19.2. The van der Waals surface area contributed by atoms with E-state index in [1.807, 2.05) is 0 Å². The van der Waals surface area contributed by atoms with Gasteiger partial charge < -0.3 is 19.3 Å². The minimum atomic E-state index is -1.75. The van der Waals surface area contributed by atoms with Crippen molar-refractivity contribution in [3.05, 3.63) is 40.8 Å². The number of benzene rings is 1. The number of hydrogen-bond acceptors (Lipinski definition) is 6. The summed E-state index contributed by atoms with van der Waals surface area (Å²) in [4.78, 5) is 18.3. The standard InChI is InChI=1S/C17H16F3N3O4/c1-26-8-4-11(16-21-15(22-27-16)7-2-3-7)23(6-8)17(25)9-5-10(18)13(20)14(24)12(9)19/h5,7-8,11,24H,2-4,6H2,1H3/t8-,11+/m0/s1. The van der Waals surface area contributed by atoms with Crippen molar-refractivity contribution in [2.75, 3.05) is 13.7 Å². The fourth-order valence-corrected chi connectivity index (χ4v) is 3.22. The van der Waals surface area contributed by atoms with Gasteiger partial charge >= 0.3 is 0 Å². The number of rotatable bonds is 4. The molecule has 2 fully saturated rings. The monoisotopic (exact) mass is 383 g/mol. The maximum Gasteiger partial charge on any atom is 0.257 e. The maximum atomic E-state index is 14.2. The zero-order valence-electron chi connectivity index (χ0n) is 14.3. The van der Waals surface area contributed by atoms with E-state index in [1.54, 1.807) is 0 Å². The molecule has 0 bridgehead atoms. The van der Waals surface area contributed by atoms with E-state index >= 15 is 0 Å². The Morgan fingerprint density at radius 1 is 1.33 bits per heavy atom. The predicted octanol–water partition coefficient (Wildman–Crippen LogP) is 2.67. The summed E-state index contributed by atoms with van der Waals surface area (Å²) in [6.07, 6.45) is 1.88. The molecule has 27 heavy (non-hydrogen) atoms. The summed E-state index contributed by atoms with van der Waals surface area (Å²) in [5.74, 6) is -6.29. The molecule has 1 aliphatic heterocycles. The molecular formula is C17H16F3N3O4. The molecule has 0 spiro atoms. The molecule has 1 saturated heterocycles. The van der Waals surface area contributed by atoms with E-state index in [4.69, 9.17) is 9.26 Å². The molecule has 2 atom stereocenters. The molecule has 4 rings (SSSR count). The fourth-order valence-electron chi connectivity index (χ4n) is 3.22. The normalized spacial score (nSPS) is 22.4. The average molecular weight is 383 g/mol. The largest absolute Gasteiger partial charge is 0.503 e. The molecule has 1 aromatic heterocycles. The Bertz CT molecular complexity index is 900. The Morgan fingerprint density at radius 3 is 2.74 bits per heavy atom. The Hall–Kier alpha value is -2.62. The van der Waals surface area contributed by atoms with Gasteiger partial charge in [0.15, 0.2) is 23.2 Å². The summed E-state index contributed by atoms with van der Waals surface area (Å²) in [5.41, 5.74) is -0.782. The lowest BCUT2D eigenvalue weighted by atomic mass is 10.1. The van der Waals surface area contributed by atoms with Gasteiger partial charge in [-0.05, 0) is 18.9 Å². The molecule has 2 aliphatic rings. The molecule has 1 saturated carbocycles. The quantitative estimate of drug-likeness (QED) is 0.817. The van der Waals surface area contributed by atoms with Crippen molar-refractivity contribution in [1.82, 2.24) is 15.0 Å². The molecule has 10 heteroatoms. The van der Waals surface area contributed by atoms with Crippen LogP contribution in [0.15, 0.2) is 10.6 Å². The molecule has 0 radical (unpaired) electrons. The molecule has 2 heterocycles. The van der Waals surface area contributed by atoms with Crippen LogP contribution in [0, 0.1) is 17.5 Å². The van der Waals surface area contributed by atoms with E-state index in [1.165, 1.54) is 12.0 Å². The highest BCUT2D eigenvalue weighted by molar-refractivity contribution is 5.95. The number of phenols is 1. The zero-order chi connectivity index (χ0) is 19.3. The Labute approximate surface area is 151 Å². The number of halogens is 3. The second kappa shape index (κ2) is 6.52. The zero-order valence-corrected chi connectivity index (χ0v) is 14.3. The number of hydrogen-bond donors (Lipinski definition) is 1. The van der Waals surface area contributed by atoms with E-state index in [0.29, 0.717) is 18.3 Å². The number of phenolic OH excluding ortho intramolecular Hbond substituents is 1. The Morgan fingerprint density at radius 2 is 2.07 bits per heavy atom. The lowest BCUT2D eigenvalue weighted by Gasteiger charge is -2.22. The van der Waals surface area contributed by atoms with Crippen molar-refractivity contribution in [2.45, 2.75) is 37.3 Å². The molecule has 1 aliphatic carbocycles. The summed E-state index contributed by atoms with van der Waals surface area (Å²) in [7, 11) is 1.46. The number of carbonyl (C=O) groups is 1. The van der Waals surface area contributed by atoms with Crippen LogP contribution >= 0.6 is 0 Å². The minimum Gasteiger partial charge on any atom is -0.503 e. The number of aromatic nitrogens is 2. The van der Waals surface area contributed by atoms with Crippen LogP contribution in [-0.4, -0.2) is 45.8 Å². The van der Waals surface area contributed by atoms with E-state index in [2.05, 4.69) is 10.1 Å². The lowest BCUT2D eigenvalue weighted by molar-refractivity contribution is 0.0664. The van der Waals surface area contributed by atoms with Crippen molar-refractivity contribution in [2.24, 2.45) is 0 Å².